The number of ether oxygens (including phenoxy) is 2. The molecule has 2 aromatic carbocycles. The molecule has 2 atom stereocenters. The molecular formula is C32H47N3O5S. The molecule has 0 bridgehead atoms. The predicted octanol–water partition coefficient (Wildman–Crippen LogP) is 6.56. The Labute approximate surface area is 251 Å². The van der Waals surface area contributed by atoms with Gasteiger partial charge in [0, 0.05) is 18.0 Å². The number of carbonyl (C=O) groups excluding carboxylic acids is 3. The van der Waals surface area contributed by atoms with Crippen LogP contribution in [0.5, 0.6) is 5.75 Å². The number of hydrogen-bond acceptors (Lipinski definition) is 6. The van der Waals surface area contributed by atoms with E-state index in [0.717, 1.165) is 44.1 Å². The van der Waals surface area contributed by atoms with Gasteiger partial charge in [0.05, 0.1) is 7.11 Å². The molecule has 0 aliphatic heterocycles. The lowest BCUT2D eigenvalue weighted by molar-refractivity contribution is -0.140. The Morgan fingerprint density at radius 3 is 2.10 bits per heavy atom. The molecular weight excluding hydrogens is 538 g/mol. The van der Waals surface area contributed by atoms with E-state index >= 15 is 0 Å². The molecule has 0 aromatic heterocycles. The zero-order valence-electron chi connectivity index (χ0n) is 25.4. The fourth-order valence-corrected chi connectivity index (χ4v) is 4.63. The molecule has 2 unspecified atom stereocenters. The summed E-state index contributed by atoms with van der Waals surface area (Å²) >= 11 is 4.38. The molecule has 0 saturated heterocycles. The van der Waals surface area contributed by atoms with Gasteiger partial charge in [-0.15, -0.1) is 0 Å². The second-order valence-electron chi connectivity index (χ2n) is 11.0. The molecule has 2 N–H and O–H groups in total. The molecule has 226 valence electrons. The van der Waals surface area contributed by atoms with E-state index < -0.39 is 29.7 Å². The van der Waals surface area contributed by atoms with Crippen molar-refractivity contribution in [2.45, 2.75) is 90.8 Å². The number of unbranched alkanes of at least 4 members (excludes halogenated alkanes) is 4. The second kappa shape index (κ2) is 16.9. The highest BCUT2D eigenvalue weighted by Crippen LogP contribution is 2.27. The first-order valence-electron chi connectivity index (χ1n) is 14.5. The van der Waals surface area contributed by atoms with Crippen LogP contribution in [0, 0.1) is 0 Å². The molecule has 0 saturated carbocycles. The van der Waals surface area contributed by atoms with Crippen molar-refractivity contribution >= 4 is 36.2 Å². The SMILES string of the molecule is CCCCCCCN(C(=O)C(CS)NC(=O)OC(C)(C)C)C(C(=O)Nc1ccc(OC)cc1)c1ccc(CC)cc1. The lowest BCUT2D eigenvalue weighted by atomic mass is 10.00. The van der Waals surface area contributed by atoms with Gasteiger partial charge in [0.2, 0.25) is 5.91 Å². The van der Waals surface area contributed by atoms with E-state index in [-0.39, 0.29) is 11.7 Å². The highest BCUT2D eigenvalue weighted by molar-refractivity contribution is 7.80. The largest absolute Gasteiger partial charge is 0.497 e. The third-order valence-electron chi connectivity index (χ3n) is 6.58. The number of hydrogen-bond donors (Lipinski definition) is 3. The third kappa shape index (κ3) is 11.3. The molecule has 0 fully saturated rings. The van der Waals surface area contributed by atoms with Crippen LogP contribution >= 0.6 is 12.6 Å². The van der Waals surface area contributed by atoms with Gasteiger partial charge >= 0.3 is 6.09 Å². The van der Waals surface area contributed by atoms with E-state index in [9.17, 15) is 14.4 Å². The van der Waals surface area contributed by atoms with Crippen molar-refractivity contribution in [2.24, 2.45) is 0 Å². The number of nitrogens with zero attached hydrogens (tertiary/aromatic N) is 1. The fraction of sp³-hybridized carbons (Fsp3) is 0.531. The van der Waals surface area contributed by atoms with Crippen molar-refractivity contribution in [1.82, 2.24) is 10.2 Å². The van der Waals surface area contributed by atoms with E-state index in [1.807, 2.05) is 24.3 Å². The fourth-order valence-electron chi connectivity index (χ4n) is 4.38. The Balaban J connectivity index is 2.46. The van der Waals surface area contributed by atoms with E-state index in [0.29, 0.717) is 23.5 Å². The molecule has 8 nitrogen and oxygen atoms in total. The summed E-state index contributed by atoms with van der Waals surface area (Å²) in [5.41, 5.74) is 1.67. The van der Waals surface area contributed by atoms with Gasteiger partial charge in [0.15, 0.2) is 0 Å². The Morgan fingerprint density at radius 2 is 1.56 bits per heavy atom. The average Bonchev–Trinajstić information content (AvgIpc) is 2.94. The topological polar surface area (TPSA) is 97.0 Å². The summed E-state index contributed by atoms with van der Waals surface area (Å²) in [6.45, 7) is 9.83. The maximum atomic E-state index is 14.1. The number of benzene rings is 2. The van der Waals surface area contributed by atoms with Crippen LogP contribution in [0.1, 0.15) is 83.9 Å². The Bertz CT molecular complexity index is 1100. The summed E-state index contributed by atoms with van der Waals surface area (Å²) in [5, 5.41) is 5.64. The molecule has 41 heavy (non-hydrogen) atoms. The normalized spacial score (nSPS) is 12.7. The van der Waals surface area contributed by atoms with Gasteiger partial charge in [0.1, 0.15) is 23.4 Å². The lowest BCUT2D eigenvalue weighted by Crippen LogP contribution is -2.53. The van der Waals surface area contributed by atoms with Crippen LogP contribution in [-0.2, 0) is 20.7 Å². The first kappa shape index (κ1) is 34.0. The van der Waals surface area contributed by atoms with Crippen LogP contribution in [0.15, 0.2) is 48.5 Å². The number of alkyl carbamates (subject to hydrolysis) is 1. The third-order valence-corrected chi connectivity index (χ3v) is 6.94. The molecule has 9 heteroatoms. The molecule has 2 aromatic rings. The minimum atomic E-state index is -0.977. The zero-order chi connectivity index (χ0) is 30.4. The summed E-state index contributed by atoms with van der Waals surface area (Å²) in [6.07, 6.45) is 5.03. The highest BCUT2D eigenvalue weighted by Gasteiger charge is 2.35. The summed E-state index contributed by atoms with van der Waals surface area (Å²) < 4.78 is 10.6. The monoisotopic (exact) mass is 585 g/mol. The summed E-state index contributed by atoms with van der Waals surface area (Å²) in [7, 11) is 1.58. The van der Waals surface area contributed by atoms with Crippen LogP contribution in [0.3, 0.4) is 0 Å². The summed E-state index contributed by atoms with van der Waals surface area (Å²) in [4.78, 5) is 42.2. The van der Waals surface area contributed by atoms with Gasteiger partial charge < -0.3 is 25.0 Å². The van der Waals surface area contributed by atoms with Gasteiger partial charge in [-0.05, 0) is 69.0 Å². The molecule has 0 spiro atoms. The molecule has 0 aliphatic carbocycles. The van der Waals surface area contributed by atoms with Gasteiger partial charge in [-0.3, -0.25) is 9.59 Å². The lowest BCUT2D eigenvalue weighted by Gasteiger charge is -2.34. The smallest absolute Gasteiger partial charge is 0.408 e. The number of anilines is 1. The number of rotatable bonds is 15. The number of nitrogens with one attached hydrogen (secondary N) is 2. The highest BCUT2D eigenvalue weighted by atomic mass is 32.1. The zero-order valence-corrected chi connectivity index (χ0v) is 26.3. The quantitative estimate of drug-likeness (QED) is 0.163. The minimum Gasteiger partial charge on any atom is -0.497 e. The molecule has 0 heterocycles. The average molecular weight is 586 g/mol. The molecule has 3 amide bonds. The van der Waals surface area contributed by atoms with Crippen molar-refractivity contribution in [3.05, 3.63) is 59.7 Å². The Hall–Kier alpha value is -3.20. The van der Waals surface area contributed by atoms with Gasteiger partial charge in [-0.2, -0.15) is 12.6 Å². The van der Waals surface area contributed by atoms with Gasteiger partial charge in [-0.25, -0.2) is 4.79 Å². The van der Waals surface area contributed by atoms with Crippen molar-refractivity contribution < 1.29 is 23.9 Å². The minimum absolute atomic E-state index is 0.0476. The number of carbonyl (C=O) groups is 3. The number of methoxy groups -OCH3 is 1. The van der Waals surface area contributed by atoms with Gasteiger partial charge in [0.25, 0.3) is 5.91 Å². The summed E-state index contributed by atoms with van der Waals surface area (Å²) in [6, 6.07) is 12.9. The molecule has 0 aliphatic rings. The van der Waals surface area contributed by atoms with Crippen LogP contribution in [0.25, 0.3) is 0 Å². The number of thiol groups is 1. The summed E-state index contributed by atoms with van der Waals surface area (Å²) in [5.74, 6) is -0.0258. The molecule has 0 radical (unpaired) electrons. The van der Waals surface area contributed by atoms with E-state index in [1.165, 1.54) is 0 Å². The maximum Gasteiger partial charge on any atom is 0.408 e. The van der Waals surface area contributed by atoms with Crippen LogP contribution in [0.4, 0.5) is 10.5 Å². The first-order chi connectivity index (χ1) is 19.5. The number of amides is 3. The first-order valence-corrected chi connectivity index (χ1v) is 15.1. The van der Waals surface area contributed by atoms with Crippen LogP contribution in [-0.4, -0.2) is 53.9 Å². The van der Waals surface area contributed by atoms with E-state index in [2.05, 4.69) is 37.1 Å². The van der Waals surface area contributed by atoms with Crippen molar-refractivity contribution in [3.8, 4) is 5.75 Å². The standard InChI is InChI=1S/C32H47N3O5S/c1-7-9-10-11-12-21-35(30(37)27(22-41)34-31(38)40-32(3,4)5)28(24-15-13-23(8-2)14-16-24)29(36)33-25-17-19-26(39-6)20-18-25/h13-20,27-28,41H,7-12,21-22H2,1-6H3,(H,33,36)(H,34,38). The van der Waals surface area contributed by atoms with Crippen molar-refractivity contribution in [2.75, 3.05) is 24.7 Å². The predicted molar refractivity (Wildman–Crippen MR) is 168 cm³/mol. The van der Waals surface area contributed by atoms with Crippen molar-refractivity contribution in [1.29, 1.82) is 0 Å². The van der Waals surface area contributed by atoms with E-state index in [1.54, 1.807) is 57.0 Å². The molecule has 2 rings (SSSR count). The second-order valence-corrected chi connectivity index (χ2v) is 11.4. The van der Waals surface area contributed by atoms with E-state index in [4.69, 9.17) is 9.47 Å². The Morgan fingerprint density at radius 1 is 0.927 bits per heavy atom. The van der Waals surface area contributed by atoms with Gasteiger partial charge in [-0.1, -0.05) is 63.8 Å². The van der Waals surface area contributed by atoms with Crippen molar-refractivity contribution in [3.63, 3.8) is 0 Å². The number of aryl methyl sites for hydroxylation is 1. The Kier molecular flexibility index (Phi) is 14.0. The maximum absolute atomic E-state index is 14.1. The van der Waals surface area contributed by atoms with Crippen LogP contribution < -0.4 is 15.4 Å². The van der Waals surface area contributed by atoms with Crippen LogP contribution in [0.2, 0.25) is 0 Å².